The maximum absolute atomic E-state index is 8.39. The van der Waals surface area contributed by atoms with Crippen molar-refractivity contribution in [3.8, 4) is 0 Å². The molecule has 0 heterocycles. The summed E-state index contributed by atoms with van der Waals surface area (Å²) in [6, 6.07) is 0. The van der Waals surface area contributed by atoms with E-state index in [1.54, 1.807) is 0 Å². The standard InChI is InChI=1S/2Ce.2O. The topological polar surface area (TPSA) is 34.1 Å². The van der Waals surface area contributed by atoms with Crippen LogP contribution in [0.25, 0.3) is 0 Å². The number of hydrogen-bond acceptors (Lipinski definition) is 2. The Morgan fingerprint density at radius 1 is 0.750 bits per heavy atom. The van der Waals surface area contributed by atoms with Crippen molar-refractivity contribution in [1.29, 1.82) is 0 Å². The van der Waals surface area contributed by atoms with Crippen LogP contribution in [0.15, 0.2) is 0 Å². The maximum atomic E-state index is 8.39. The fourth-order valence-electron chi connectivity index (χ4n) is 0. The van der Waals surface area contributed by atoms with Crippen LogP contribution in [0.5, 0.6) is 0 Å². The average molecular weight is 312 g/mol. The third-order valence-corrected chi connectivity index (χ3v) is 0. The molecule has 0 radical (unpaired) electrons. The Morgan fingerprint density at radius 2 is 0.750 bits per heavy atom. The third kappa shape index (κ3) is 8.84. The van der Waals surface area contributed by atoms with Gasteiger partial charge in [0.1, 0.15) is 0 Å². The van der Waals surface area contributed by atoms with E-state index in [0.29, 0.717) is 0 Å². The molecular weight excluding hydrogens is 312 g/mol. The molecule has 0 unspecified atom stereocenters. The SMILES string of the molecule is [O]=[Ce].[O]=[Ce]. The van der Waals surface area contributed by atoms with Gasteiger partial charge in [0, 0.05) is 0 Å². The molecule has 0 aromatic carbocycles. The number of hydrogen-bond donors (Lipinski definition) is 0. The summed E-state index contributed by atoms with van der Waals surface area (Å²) in [7, 11) is 0. The molecule has 0 fully saturated rings. The van der Waals surface area contributed by atoms with Crippen molar-refractivity contribution in [2.75, 3.05) is 0 Å². The first-order chi connectivity index (χ1) is 2.00. The Balaban J connectivity index is 0. The molecule has 0 spiro atoms. The van der Waals surface area contributed by atoms with E-state index in [4.69, 9.17) is 1.88 Å². The molecule has 20 valence electrons. The minimum absolute atomic E-state index is 0.0556. The molecule has 0 aromatic heterocycles. The van der Waals surface area contributed by atoms with Gasteiger partial charge in [0.05, 0.1) is 0 Å². The first kappa shape index (κ1) is 9.61. The second-order valence-corrected chi connectivity index (χ2v) is 0. The predicted molar refractivity (Wildman–Crippen MR) is 1.37 cm³/mol. The van der Waals surface area contributed by atoms with Crippen LogP contribution in [0.2, 0.25) is 0 Å². The summed E-state index contributed by atoms with van der Waals surface area (Å²) < 4.78 is 16.8. The second-order valence-electron chi connectivity index (χ2n) is 0. The van der Waals surface area contributed by atoms with Gasteiger partial charge in [-0.05, 0) is 0 Å². The zero-order valence-corrected chi connectivity index (χ0v) is 8.10. The molecule has 0 N–H and O–H groups in total. The van der Waals surface area contributed by atoms with Crippen LogP contribution in [-0.2, 0) is 1.88 Å². The molecule has 0 saturated heterocycles. The number of rotatable bonds is 0. The van der Waals surface area contributed by atoms with Crippen LogP contribution in [0, 0.1) is 79.5 Å². The van der Waals surface area contributed by atoms with Gasteiger partial charge in [0.2, 0.25) is 0 Å². The first-order valence-corrected chi connectivity index (χ1v) is 2.97. The van der Waals surface area contributed by atoms with E-state index in [9.17, 15) is 0 Å². The molecule has 0 rings (SSSR count). The summed E-state index contributed by atoms with van der Waals surface area (Å²) in [6.07, 6.45) is 0. The molecule has 0 aliphatic carbocycles. The fourth-order valence-corrected chi connectivity index (χ4v) is 0. The average Bonchev–Trinajstić information content (AvgIpc) is 1.50. The summed E-state index contributed by atoms with van der Waals surface area (Å²) in [4.78, 5) is 0. The van der Waals surface area contributed by atoms with Crippen LogP contribution in [-0.4, -0.2) is 0 Å². The Bertz CT molecular complexity index is 6.00. The van der Waals surface area contributed by atoms with Crippen LogP contribution in [0.3, 0.4) is 0 Å². The van der Waals surface area contributed by atoms with Crippen LogP contribution < -0.4 is 0 Å². The normalized spacial score (nSPS) is 1.50. The van der Waals surface area contributed by atoms with Crippen molar-refractivity contribution >= 4 is 0 Å². The quantitative estimate of drug-likeness (QED) is 0.619. The van der Waals surface area contributed by atoms with Gasteiger partial charge in [-0.1, -0.05) is 0 Å². The molecule has 0 aliphatic heterocycles. The van der Waals surface area contributed by atoms with Crippen molar-refractivity contribution in [3.63, 3.8) is 0 Å². The molecule has 0 bridgehead atoms. The van der Waals surface area contributed by atoms with Crippen molar-refractivity contribution in [1.82, 2.24) is 0 Å². The van der Waals surface area contributed by atoms with Gasteiger partial charge in [0.15, 0.2) is 0 Å². The van der Waals surface area contributed by atoms with Crippen molar-refractivity contribution in [2.24, 2.45) is 0 Å². The fraction of sp³-hybridized carbons (Fsp3) is 0. The summed E-state index contributed by atoms with van der Waals surface area (Å²) in [5.74, 6) is 0. The van der Waals surface area contributed by atoms with E-state index in [1.807, 2.05) is 0 Å². The first-order valence-electron chi connectivity index (χ1n) is 0.408. The van der Waals surface area contributed by atoms with Gasteiger partial charge < -0.3 is 0 Å². The molecule has 0 amide bonds. The van der Waals surface area contributed by atoms with E-state index in [1.165, 1.54) is 0 Å². The second kappa shape index (κ2) is 18.3. The molecule has 4 heavy (non-hydrogen) atoms. The van der Waals surface area contributed by atoms with E-state index >= 15 is 0 Å². The zero-order valence-electron chi connectivity index (χ0n) is 1.82. The van der Waals surface area contributed by atoms with E-state index < -0.39 is 0 Å². The van der Waals surface area contributed by atoms with E-state index in [0.717, 1.165) is 0 Å². The molecular formula is Ce2O2. The molecule has 2 nitrogen and oxygen atoms in total. The summed E-state index contributed by atoms with van der Waals surface area (Å²) in [6.45, 7) is 0. The molecule has 0 aliphatic rings. The van der Waals surface area contributed by atoms with Crippen molar-refractivity contribution in [2.45, 2.75) is 0 Å². The van der Waals surface area contributed by atoms with Gasteiger partial charge >= 0.3 is 81.4 Å². The van der Waals surface area contributed by atoms with Crippen LogP contribution >= 0.6 is 0 Å². The van der Waals surface area contributed by atoms with Crippen molar-refractivity contribution in [3.05, 3.63) is 0 Å². The summed E-state index contributed by atoms with van der Waals surface area (Å²) in [5, 5.41) is 0. The summed E-state index contributed by atoms with van der Waals surface area (Å²) in [5.41, 5.74) is 0. The molecule has 0 saturated carbocycles. The van der Waals surface area contributed by atoms with Gasteiger partial charge in [-0.2, -0.15) is 0 Å². The Morgan fingerprint density at radius 3 is 0.750 bits per heavy atom. The Kier molecular flexibility index (Phi) is 44.0. The monoisotopic (exact) mass is 312 g/mol. The van der Waals surface area contributed by atoms with Gasteiger partial charge in [0.25, 0.3) is 0 Å². The third-order valence-electron chi connectivity index (χ3n) is 0. The zero-order chi connectivity index (χ0) is 4.00. The Hall–Kier alpha value is 2.35. The minimum atomic E-state index is 0.0556. The van der Waals surface area contributed by atoms with Gasteiger partial charge in [-0.25, -0.2) is 0 Å². The molecule has 0 atom stereocenters. The van der Waals surface area contributed by atoms with Gasteiger partial charge in [-0.15, -0.1) is 0 Å². The van der Waals surface area contributed by atoms with E-state index in [-0.39, 0.29) is 79.5 Å². The molecule has 0 aromatic rings. The summed E-state index contributed by atoms with van der Waals surface area (Å²) >= 11 is 0.111. The van der Waals surface area contributed by atoms with Gasteiger partial charge in [-0.3, -0.25) is 0 Å². The molecule has 4 heteroatoms. The predicted octanol–water partition coefficient (Wildman–Crippen LogP) is -0.238. The van der Waals surface area contributed by atoms with Crippen LogP contribution in [0.4, 0.5) is 0 Å². The van der Waals surface area contributed by atoms with Crippen molar-refractivity contribution < 1.29 is 81.4 Å². The Labute approximate surface area is 79.1 Å². The van der Waals surface area contributed by atoms with E-state index in [2.05, 4.69) is 0 Å². The van der Waals surface area contributed by atoms with Crippen LogP contribution in [0.1, 0.15) is 0 Å².